The lowest BCUT2D eigenvalue weighted by atomic mass is 9.75. The van der Waals surface area contributed by atoms with Crippen LogP contribution in [0.1, 0.15) is 79.0 Å². The number of anilines is 1. The molecule has 0 saturated heterocycles. The van der Waals surface area contributed by atoms with Crippen LogP contribution in [0.15, 0.2) is 78.9 Å². The largest absolute Gasteiger partial charge is 0.398 e. The molecule has 0 aromatic heterocycles. The maximum atomic E-state index is 7.07. The number of benzene rings is 4. The first kappa shape index (κ1) is 23.4. The second kappa shape index (κ2) is 10.1. The Hall–Kier alpha value is -3.36. The molecular weight excluding hydrogens is 424 g/mol. The minimum absolute atomic E-state index is 0.218. The number of aryl methyl sites for hydroxylation is 2. The standard InChI is InChI=1S/C33H36N2/c1-3-5-8-22-12-16-25(17-13-22)30-31(26-18-14-23(15-19-26)9-6-4-2)33(35)27-11-7-10-24-20-21-28(34)32(30)29(24)27/h7,10-21,33H,3-6,8-9,34-35H2,1-2H3. The molecule has 2 heteroatoms. The monoisotopic (exact) mass is 460 g/mol. The molecule has 1 atom stereocenters. The molecule has 0 spiro atoms. The Balaban J connectivity index is 1.73. The fourth-order valence-corrected chi connectivity index (χ4v) is 5.47. The second-order valence-corrected chi connectivity index (χ2v) is 9.84. The first-order chi connectivity index (χ1) is 17.1. The molecule has 0 aliphatic heterocycles. The highest BCUT2D eigenvalue weighted by Crippen LogP contribution is 2.49. The van der Waals surface area contributed by atoms with Gasteiger partial charge in [0.05, 0.1) is 6.04 Å². The maximum absolute atomic E-state index is 7.07. The third-order valence-electron chi connectivity index (χ3n) is 7.42. The van der Waals surface area contributed by atoms with E-state index in [0.717, 1.165) is 35.2 Å². The molecule has 4 N–H and O–H groups in total. The molecule has 5 rings (SSSR count). The summed E-state index contributed by atoms with van der Waals surface area (Å²) in [6.07, 6.45) is 7.06. The molecule has 178 valence electrons. The van der Waals surface area contributed by atoms with Crippen LogP contribution in [0.3, 0.4) is 0 Å². The summed E-state index contributed by atoms with van der Waals surface area (Å²) in [5.74, 6) is 0. The number of hydrogen-bond acceptors (Lipinski definition) is 2. The Morgan fingerprint density at radius 2 is 1.29 bits per heavy atom. The van der Waals surface area contributed by atoms with Gasteiger partial charge in [0, 0.05) is 11.3 Å². The van der Waals surface area contributed by atoms with E-state index in [-0.39, 0.29) is 6.04 Å². The van der Waals surface area contributed by atoms with Gasteiger partial charge in [0.25, 0.3) is 0 Å². The number of rotatable bonds is 8. The van der Waals surface area contributed by atoms with Crippen LogP contribution >= 0.6 is 0 Å². The molecule has 4 aromatic carbocycles. The van der Waals surface area contributed by atoms with E-state index in [9.17, 15) is 0 Å². The highest BCUT2D eigenvalue weighted by Gasteiger charge is 2.30. The maximum Gasteiger partial charge on any atom is 0.0570 e. The zero-order valence-electron chi connectivity index (χ0n) is 21.0. The van der Waals surface area contributed by atoms with Gasteiger partial charge in [-0.2, -0.15) is 0 Å². The van der Waals surface area contributed by atoms with Crippen molar-refractivity contribution in [1.82, 2.24) is 0 Å². The Morgan fingerprint density at radius 3 is 1.89 bits per heavy atom. The van der Waals surface area contributed by atoms with Crippen molar-refractivity contribution in [2.24, 2.45) is 5.73 Å². The van der Waals surface area contributed by atoms with Gasteiger partial charge >= 0.3 is 0 Å². The number of nitrogen functional groups attached to an aromatic ring is 1. The van der Waals surface area contributed by atoms with Crippen LogP contribution in [0.5, 0.6) is 0 Å². The molecule has 4 aromatic rings. The van der Waals surface area contributed by atoms with Crippen LogP contribution < -0.4 is 11.5 Å². The van der Waals surface area contributed by atoms with E-state index in [1.54, 1.807) is 0 Å². The van der Waals surface area contributed by atoms with Crippen molar-refractivity contribution in [3.05, 3.63) is 112 Å². The molecule has 1 aliphatic carbocycles. The Kier molecular flexibility index (Phi) is 6.74. The van der Waals surface area contributed by atoms with Crippen LogP contribution in [0.25, 0.3) is 21.9 Å². The summed E-state index contributed by atoms with van der Waals surface area (Å²) in [5.41, 5.74) is 24.3. The van der Waals surface area contributed by atoms with Crippen molar-refractivity contribution in [3.8, 4) is 0 Å². The fourth-order valence-electron chi connectivity index (χ4n) is 5.47. The normalized spacial score (nSPS) is 15.1. The number of unbranched alkanes of at least 4 members (excludes halogenated alkanes) is 2. The van der Waals surface area contributed by atoms with Crippen molar-refractivity contribution in [1.29, 1.82) is 0 Å². The SMILES string of the molecule is CCCCc1ccc(C2=C(c3ccc(CCCC)cc3)C(N)c3cccc4ccc(N)c2c34)cc1. The predicted octanol–water partition coefficient (Wildman–Crippen LogP) is 8.08. The van der Waals surface area contributed by atoms with Crippen LogP contribution in [0, 0.1) is 0 Å². The zero-order valence-corrected chi connectivity index (χ0v) is 21.0. The molecule has 0 heterocycles. The highest BCUT2D eigenvalue weighted by molar-refractivity contribution is 6.14. The van der Waals surface area contributed by atoms with E-state index >= 15 is 0 Å². The van der Waals surface area contributed by atoms with Gasteiger partial charge in [-0.05, 0) is 81.5 Å². The predicted molar refractivity (Wildman–Crippen MR) is 151 cm³/mol. The molecule has 0 amide bonds. The van der Waals surface area contributed by atoms with E-state index in [1.807, 2.05) is 6.07 Å². The minimum Gasteiger partial charge on any atom is -0.398 e. The summed E-state index contributed by atoms with van der Waals surface area (Å²) < 4.78 is 0. The van der Waals surface area contributed by atoms with Crippen molar-refractivity contribution in [2.75, 3.05) is 5.73 Å². The summed E-state index contributed by atoms with van der Waals surface area (Å²) in [7, 11) is 0. The minimum atomic E-state index is -0.218. The van der Waals surface area contributed by atoms with Crippen LogP contribution in [-0.2, 0) is 12.8 Å². The highest BCUT2D eigenvalue weighted by atomic mass is 14.7. The van der Waals surface area contributed by atoms with E-state index in [4.69, 9.17) is 11.5 Å². The lowest BCUT2D eigenvalue weighted by Crippen LogP contribution is -2.19. The van der Waals surface area contributed by atoms with Crippen LogP contribution in [-0.4, -0.2) is 0 Å². The van der Waals surface area contributed by atoms with E-state index in [0.29, 0.717) is 0 Å². The topological polar surface area (TPSA) is 52.0 Å². The summed E-state index contributed by atoms with van der Waals surface area (Å²) >= 11 is 0. The lowest BCUT2D eigenvalue weighted by molar-refractivity contribution is 0.795. The molecule has 35 heavy (non-hydrogen) atoms. The molecule has 0 fully saturated rings. The summed E-state index contributed by atoms with van der Waals surface area (Å²) in [5, 5.41) is 2.38. The molecule has 1 unspecified atom stereocenters. The molecule has 0 bridgehead atoms. The van der Waals surface area contributed by atoms with Crippen LogP contribution in [0.4, 0.5) is 5.69 Å². The first-order valence-corrected chi connectivity index (χ1v) is 13.1. The van der Waals surface area contributed by atoms with Gasteiger partial charge in [-0.15, -0.1) is 0 Å². The van der Waals surface area contributed by atoms with Crippen molar-refractivity contribution >= 4 is 27.6 Å². The van der Waals surface area contributed by atoms with Gasteiger partial charge in [-0.3, -0.25) is 0 Å². The van der Waals surface area contributed by atoms with Gasteiger partial charge in [0.2, 0.25) is 0 Å². The third kappa shape index (κ3) is 4.39. The summed E-state index contributed by atoms with van der Waals surface area (Å²) in [6.45, 7) is 4.48. The smallest absolute Gasteiger partial charge is 0.0570 e. The fraction of sp³-hybridized carbons (Fsp3) is 0.273. The molecule has 0 saturated carbocycles. The van der Waals surface area contributed by atoms with E-state index < -0.39 is 0 Å². The average Bonchev–Trinajstić information content (AvgIpc) is 2.90. The Bertz CT molecular complexity index is 1360. The Labute approximate surface area is 209 Å². The van der Waals surface area contributed by atoms with Gasteiger partial charge in [-0.1, -0.05) is 99.5 Å². The quantitative estimate of drug-likeness (QED) is 0.261. The third-order valence-corrected chi connectivity index (χ3v) is 7.42. The number of nitrogens with two attached hydrogens (primary N) is 2. The zero-order chi connectivity index (χ0) is 24.4. The lowest BCUT2D eigenvalue weighted by Gasteiger charge is -2.31. The summed E-state index contributed by atoms with van der Waals surface area (Å²) in [6, 6.07) is 28.5. The van der Waals surface area contributed by atoms with Gasteiger partial charge in [-0.25, -0.2) is 0 Å². The molecule has 2 nitrogen and oxygen atoms in total. The first-order valence-electron chi connectivity index (χ1n) is 13.1. The Morgan fingerprint density at radius 1 is 0.686 bits per heavy atom. The molecular formula is C33H36N2. The van der Waals surface area contributed by atoms with Gasteiger partial charge in [0.1, 0.15) is 0 Å². The second-order valence-electron chi connectivity index (χ2n) is 9.84. The van der Waals surface area contributed by atoms with E-state index in [2.05, 4.69) is 86.6 Å². The average molecular weight is 461 g/mol. The van der Waals surface area contributed by atoms with Gasteiger partial charge < -0.3 is 11.5 Å². The summed E-state index contributed by atoms with van der Waals surface area (Å²) in [4.78, 5) is 0. The molecule has 1 aliphatic rings. The number of hydrogen-bond donors (Lipinski definition) is 2. The van der Waals surface area contributed by atoms with Crippen molar-refractivity contribution in [2.45, 2.75) is 58.4 Å². The van der Waals surface area contributed by atoms with Crippen LogP contribution in [0.2, 0.25) is 0 Å². The van der Waals surface area contributed by atoms with Crippen molar-refractivity contribution < 1.29 is 0 Å². The van der Waals surface area contributed by atoms with Gasteiger partial charge in [0.15, 0.2) is 0 Å². The van der Waals surface area contributed by atoms with Crippen molar-refractivity contribution in [3.63, 3.8) is 0 Å². The van der Waals surface area contributed by atoms with E-state index in [1.165, 1.54) is 64.3 Å². The molecule has 0 radical (unpaired) electrons.